The van der Waals surface area contributed by atoms with Crippen molar-refractivity contribution in [2.24, 2.45) is 10.4 Å². The predicted octanol–water partition coefficient (Wildman–Crippen LogP) is 1.03. The first-order valence-electron chi connectivity index (χ1n) is 6.84. The van der Waals surface area contributed by atoms with Gasteiger partial charge in [0.15, 0.2) is 5.96 Å². The van der Waals surface area contributed by atoms with Crippen molar-refractivity contribution >= 4 is 11.9 Å². The molecule has 1 rings (SSSR count). The van der Waals surface area contributed by atoms with Gasteiger partial charge >= 0.3 is 0 Å². The van der Waals surface area contributed by atoms with Crippen molar-refractivity contribution in [2.45, 2.75) is 39.7 Å². The van der Waals surface area contributed by atoms with Crippen LogP contribution in [0.25, 0.3) is 0 Å². The van der Waals surface area contributed by atoms with Crippen LogP contribution in [0.1, 0.15) is 33.6 Å². The minimum atomic E-state index is -0.338. The monoisotopic (exact) mass is 266 g/mol. The molecule has 0 heterocycles. The zero-order valence-electron chi connectivity index (χ0n) is 12.4. The number of aliphatic imine (C=N–C) groups is 1. The van der Waals surface area contributed by atoms with E-state index in [1.165, 1.54) is 0 Å². The van der Waals surface area contributed by atoms with Gasteiger partial charge in [-0.25, -0.2) is 0 Å². The Morgan fingerprint density at radius 3 is 2.32 bits per heavy atom. The topological polar surface area (TPSA) is 65.5 Å². The first-order chi connectivity index (χ1) is 8.93. The second-order valence-corrected chi connectivity index (χ2v) is 5.79. The van der Waals surface area contributed by atoms with Gasteiger partial charge in [0, 0.05) is 31.6 Å². The van der Waals surface area contributed by atoms with Crippen molar-refractivity contribution < 1.29 is 4.79 Å². The molecule has 0 aromatic heterocycles. The van der Waals surface area contributed by atoms with Gasteiger partial charge in [0.2, 0.25) is 5.91 Å². The fourth-order valence-electron chi connectivity index (χ4n) is 1.75. The molecule has 0 unspecified atom stereocenters. The lowest BCUT2D eigenvalue weighted by atomic mass is 9.96. The third kappa shape index (κ3) is 5.77. The van der Waals surface area contributed by atoms with Gasteiger partial charge in [-0.3, -0.25) is 9.79 Å². The van der Waals surface area contributed by atoms with Crippen LogP contribution >= 0.6 is 0 Å². The lowest BCUT2D eigenvalue weighted by molar-refractivity contribution is -0.128. The standard InChI is InChI=1S/C14H26N4O/c1-14(2,3)12(19)16-9-10-17-13(15-4)18-11-7-5-6-8-11/h5-6,11H,7-10H2,1-4H3,(H,16,19)(H2,15,17,18). The molecule has 108 valence electrons. The highest BCUT2D eigenvalue weighted by molar-refractivity contribution is 5.82. The van der Waals surface area contributed by atoms with E-state index in [-0.39, 0.29) is 11.3 Å². The summed E-state index contributed by atoms with van der Waals surface area (Å²) in [6.45, 7) is 6.98. The molecule has 0 aromatic rings. The van der Waals surface area contributed by atoms with Crippen molar-refractivity contribution in [3.8, 4) is 0 Å². The molecule has 0 spiro atoms. The molecule has 5 heteroatoms. The van der Waals surface area contributed by atoms with Gasteiger partial charge in [0.05, 0.1) is 0 Å². The Morgan fingerprint density at radius 1 is 1.21 bits per heavy atom. The quantitative estimate of drug-likeness (QED) is 0.308. The number of carbonyl (C=O) groups excluding carboxylic acids is 1. The highest BCUT2D eigenvalue weighted by Crippen LogP contribution is 2.11. The van der Waals surface area contributed by atoms with Crippen molar-refractivity contribution in [3.05, 3.63) is 12.2 Å². The average molecular weight is 266 g/mol. The summed E-state index contributed by atoms with van der Waals surface area (Å²) in [7, 11) is 1.76. The first-order valence-corrected chi connectivity index (χ1v) is 6.84. The van der Waals surface area contributed by atoms with Gasteiger partial charge < -0.3 is 16.0 Å². The lowest BCUT2D eigenvalue weighted by Gasteiger charge is -2.19. The zero-order valence-corrected chi connectivity index (χ0v) is 12.4. The first kappa shape index (κ1) is 15.5. The molecule has 0 saturated heterocycles. The van der Waals surface area contributed by atoms with Crippen LogP contribution in [-0.4, -0.2) is 38.0 Å². The summed E-state index contributed by atoms with van der Waals surface area (Å²) in [5.74, 6) is 0.857. The zero-order chi connectivity index (χ0) is 14.3. The van der Waals surface area contributed by atoms with Crippen molar-refractivity contribution in [1.29, 1.82) is 0 Å². The summed E-state index contributed by atoms with van der Waals surface area (Å²) < 4.78 is 0. The smallest absolute Gasteiger partial charge is 0.225 e. The molecule has 1 aliphatic carbocycles. The molecule has 0 radical (unpaired) electrons. The Morgan fingerprint density at radius 2 is 1.79 bits per heavy atom. The van der Waals surface area contributed by atoms with Crippen LogP contribution in [0.5, 0.6) is 0 Å². The normalized spacial score (nSPS) is 16.5. The second-order valence-electron chi connectivity index (χ2n) is 5.79. The highest BCUT2D eigenvalue weighted by Gasteiger charge is 2.20. The van der Waals surface area contributed by atoms with E-state index in [4.69, 9.17) is 0 Å². The number of nitrogens with zero attached hydrogens (tertiary/aromatic N) is 1. The third-order valence-electron chi connectivity index (χ3n) is 2.96. The molecule has 19 heavy (non-hydrogen) atoms. The Balaban J connectivity index is 2.18. The SMILES string of the molecule is CN=C(NCCNC(=O)C(C)(C)C)NC1CC=CC1. The number of rotatable bonds is 4. The molecule has 3 N–H and O–H groups in total. The van der Waals surface area contributed by atoms with E-state index >= 15 is 0 Å². The molecule has 1 aliphatic rings. The molecule has 0 fully saturated rings. The van der Waals surface area contributed by atoms with E-state index in [1.54, 1.807) is 7.05 Å². The molecular formula is C14H26N4O. The van der Waals surface area contributed by atoms with Crippen LogP contribution in [0.2, 0.25) is 0 Å². The number of nitrogens with one attached hydrogen (secondary N) is 3. The Kier molecular flexibility index (Phi) is 5.86. The summed E-state index contributed by atoms with van der Waals surface area (Å²) in [6, 6.07) is 0.440. The summed E-state index contributed by atoms with van der Waals surface area (Å²) in [5, 5.41) is 9.45. The van der Waals surface area contributed by atoms with Crippen LogP contribution in [0.4, 0.5) is 0 Å². The van der Waals surface area contributed by atoms with Crippen LogP contribution < -0.4 is 16.0 Å². The molecule has 0 aromatic carbocycles. The van der Waals surface area contributed by atoms with Crippen molar-refractivity contribution in [2.75, 3.05) is 20.1 Å². The molecular weight excluding hydrogens is 240 g/mol. The Hall–Kier alpha value is -1.52. The minimum absolute atomic E-state index is 0.0669. The summed E-state index contributed by atoms with van der Waals surface area (Å²) >= 11 is 0. The molecule has 0 bridgehead atoms. The lowest BCUT2D eigenvalue weighted by Crippen LogP contribution is -2.46. The van der Waals surface area contributed by atoms with E-state index < -0.39 is 0 Å². The van der Waals surface area contributed by atoms with Crippen molar-refractivity contribution in [3.63, 3.8) is 0 Å². The summed E-state index contributed by atoms with van der Waals surface area (Å²) in [4.78, 5) is 15.8. The van der Waals surface area contributed by atoms with Crippen LogP contribution in [0.3, 0.4) is 0 Å². The fourth-order valence-corrected chi connectivity index (χ4v) is 1.75. The van der Waals surface area contributed by atoms with Gasteiger partial charge in [-0.05, 0) is 12.8 Å². The summed E-state index contributed by atoms with van der Waals surface area (Å²) in [6.07, 6.45) is 6.44. The van der Waals surface area contributed by atoms with Gasteiger partial charge in [0.25, 0.3) is 0 Å². The maximum atomic E-state index is 11.7. The average Bonchev–Trinajstić information content (AvgIpc) is 2.84. The van der Waals surface area contributed by atoms with Crippen LogP contribution in [0.15, 0.2) is 17.1 Å². The van der Waals surface area contributed by atoms with Gasteiger partial charge in [-0.2, -0.15) is 0 Å². The Bertz CT molecular complexity index is 347. The predicted molar refractivity (Wildman–Crippen MR) is 79.1 cm³/mol. The fraction of sp³-hybridized carbons (Fsp3) is 0.714. The van der Waals surface area contributed by atoms with E-state index in [1.807, 2.05) is 20.8 Å². The van der Waals surface area contributed by atoms with E-state index in [0.717, 1.165) is 18.8 Å². The molecule has 5 nitrogen and oxygen atoms in total. The molecule has 0 aliphatic heterocycles. The number of hydrogen-bond acceptors (Lipinski definition) is 2. The Labute approximate surface area is 115 Å². The van der Waals surface area contributed by atoms with Crippen molar-refractivity contribution in [1.82, 2.24) is 16.0 Å². The summed E-state index contributed by atoms with van der Waals surface area (Å²) in [5.41, 5.74) is -0.338. The second kappa shape index (κ2) is 7.16. The van der Waals surface area contributed by atoms with E-state index in [0.29, 0.717) is 19.1 Å². The molecule has 0 atom stereocenters. The van der Waals surface area contributed by atoms with Crippen LogP contribution in [0, 0.1) is 5.41 Å². The highest BCUT2D eigenvalue weighted by atomic mass is 16.2. The largest absolute Gasteiger partial charge is 0.355 e. The maximum Gasteiger partial charge on any atom is 0.225 e. The number of carbonyl (C=O) groups is 1. The van der Waals surface area contributed by atoms with Gasteiger partial charge in [-0.1, -0.05) is 32.9 Å². The van der Waals surface area contributed by atoms with E-state index in [2.05, 4.69) is 33.1 Å². The number of amides is 1. The van der Waals surface area contributed by atoms with Gasteiger partial charge in [-0.15, -0.1) is 0 Å². The molecule has 1 amide bonds. The number of guanidine groups is 1. The minimum Gasteiger partial charge on any atom is -0.355 e. The number of hydrogen-bond donors (Lipinski definition) is 3. The third-order valence-corrected chi connectivity index (χ3v) is 2.96. The molecule has 0 saturated carbocycles. The van der Waals surface area contributed by atoms with Crippen LogP contribution in [-0.2, 0) is 4.79 Å². The van der Waals surface area contributed by atoms with E-state index in [9.17, 15) is 4.79 Å². The van der Waals surface area contributed by atoms with Gasteiger partial charge in [0.1, 0.15) is 0 Å². The maximum absolute atomic E-state index is 11.7.